The molecule has 790 valence electrons. The lowest BCUT2D eigenvalue weighted by molar-refractivity contribution is -0.282. The molecule has 6 fully saturated rings. The first kappa shape index (κ1) is 121. The number of carbonyl (C=O) groups is 8. The van der Waals surface area contributed by atoms with Crippen LogP contribution < -0.4 is 10.6 Å². The summed E-state index contributed by atoms with van der Waals surface area (Å²) in [5.74, 6) is -4.28. The predicted molar refractivity (Wildman–Crippen MR) is 482 cm³/mol. The Labute approximate surface area is 796 Å². The molecule has 3 amide bonds. The maximum Gasteiger partial charge on any atom is 0.472 e. The van der Waals surface area contributed by atoms with E-state index in [0.717, 1.165) is 4.90 Å². The Balaban J connectivity index is 1.07. The van der Waals surface area contributed by atoms with E-state index >= 15 is 0 Å². The number of hydrogen-bond donors (Lipinski definition) is 15. The first-order chi connectivity index (χ1) is 64.7. The zero-order chi connectivity index (χ0) is 100. The number of phosphoric ester groups is 2. The van der Waals surface area contributed by atoms with Crippen LogP contribution in [0.3, 0.4) is 0 Å². The van der Waals surface area contributed by atoms with Crippen molar-refractivity contribution in [2.45, 2.75) is 349 Å². The zero-order valence-corrected chi connectivity index (χ0v) is 82.4. The summed E-state index contributed by atoms with van der Waals surface area (Å²) >= 11 is 0. The van der Waals surface area contributed by atoms with E-state index in [2.05, 4.69) is 16.9 Å². The van der Waals surface area contributed by atoms with Gasteiger partial charge >= 0.3 is 15.6 Å². The molecule has 0 aliphatic carbocycles. The fraction of sp³-hybridized carbons (Fsp3) is 0.898. The van der Waals surface area contributed by atoms with Gasteiger partial charge in [0.2, 0.25) is 25.3 Å². The minimum atomic E-state index is -5.16. The van der Waals surface area contributed by atoms with Gasteiger partial charge in [0, 0.05) is 142 Å². The molecule has 6 heterocycles. The van der Waals surface area contributed by atoms with Gasteiger partial charge in [-0.3, -0.25) is 56.5 Å². The third kappa shape index (κ3) is 43.7. The van der Waals surface area contributed by atoms with Gasteiger partial charge in [0.15, 0.2) is 18.9 Å². The van der Waals surface area contributed by atoms with Crippen LogP contribution in [-0.4, -0.2) is 397 Å². The second-order valence-electron chi connectivity index (χ2n) is 36.1. The molecule has 6 rings (SSSR count). The average Bonchev–Trinajstić information content (AvgIpc) is 1.24. The number of ketones is 5. The van der Waals surface area contributed by atoms with Gasteiger partial charge in [0.25, 0.3) is 0 Å². The molecule has 6 aliphatic heterocycles. The van der Waals surface area contributed by atoms with Crippen molar-refractivity contribution in [3.63, 3.8) is 0 Å². The monoisotopic (exact) mass is 2020 g/mol. The van der Waals surface area contributed by atoms with Gasteiger partial charge in [-0.25, -0.2) is 9.13 Å². The third-order valence-corrected chi connectivity index (χ3v) is 27.8. The molecule has 45 nitrogen and oxygen atoms in total. The molecular weight excluding hydrogens is 1860 g/mol. The Morgan fingerprint density at radius 2 is 0.838 bits per heavy atom. The van der Waals surface area contributed by atoms with Gasteiger partial charge in [0.05, 0.1) is 135 Å². The zero-order valence-electron chi connectivity index (χ0n) is 79.7. The van der Waals surface area contributed by atoms with Crippen LogP contribution in [0.5, 0.6) is 0 Å². The second-order valence-corrected chi connectivity index (χ2v) is 40.8. The van der Waals surface area contributed by atoms with Gasteiger partial charge in [-0.15, -0.1) is 0 Å². The van der Waals surface area contributed by atoms with Gasteiger partial charge in [-0.1, -0.05) is 33.6 Å². The number of phosphoric acid groups is 2. The van der Waals surface area contributed by atoms with Gasteiger partial charge in [0.1, 0.15) is 108 Å². The van der Waals surface area contributed by atoms with Crippen molar-refractivity contribution in [2.24, 2.45) is 17.8 Å². The Hall–Kier alpha value is -3.76. The van der Waals surface area contributed by atoms with Gasteiger partial charge in [-0.05, 0) is 104 Å². The summed E-state index contributed by atoms with van der Waals surface area (Å²) in [6.07, 6.45) is -10.6. The number of aliphatic hydroxyl groups excluding tert-OH is 10. The smallest absolute Gasteiger partial charge is 0.394 e. The minimum absolute atomic E-state index is 0.000892. The van der Waals surface area contributed by atoms with Crippen LogP contribution in [-0.2, 0) is 136 Å². The summed E-state index contributed by atoms with van der Waals surface area (Å²) in [4.78, 5) is 141. The van der Waals surface area contributed by atoms with E-state index in [0.29, 0.717) is 89.9 Å². The Bertz CT molecular complexity index is 3440. The van der Waals surface area contributed by atoms with E-state index in [1.54, 1.807) is 34.6 Å². The lowest BCUT2D eigenvalue weighted by Crippen LogP contribution is -2.59. The van der Waals surface area contributed by atoms with E-state index in [4.69, 9.17) is 88.7 Å². The molecule has 27 atom stereocenters. The topological polar surface area (TPSA) is 636 Å². The summed E-state index contributed by atoms with van der Waals surface area (Å²) in [5, 5.41) is 107. The maximum atomic E-state index is 14.6. The lowest BCUT2D eigenvalue weighted by Gasteiger charge is -2.40. The molecule has 0 aromatic rings. The molecule has 0 aromatic carbocycles. The van der Waals surface area contributed by atoms with Crippen LogP contribution in [0.15, 0.2) is 0 Å². The molecule has 6 saturated heterocycles. The molecule has 0 saturated carbocycles. The van der Waals surface area contributed by atoms with Crippen LogP contribution in [0.1, 0.15) is 214 Å². The quantitative estimate of drug-likeness (QED) is 0.0235. The number of amides is 3. The van der Waals surface area contributed by atoms with Crippen LogP contribution in [0, 0.1) is 17.8 Å². The minimum Gasteiger partial charge on any atom is -0.394 e. The molecule has 6 aliphatic rings. The molecular formula is C88H156N3O42P3. The van der Waals surface area contributed by atoms with E-state index < -0.39 is 259 Å². The summed E-state index contributed by atoms with van der Waals surface area (Å²) in [7, 11) is -11.2. The summed E-state index contributed by atoms with van der Waals surface area (Å²) in [6.45, 7) is 3.44. The summed E-state index contributed by atoms with van der Waals surface area (Å²) in [5.41, 5.74) is -1.74. The first-order valence-electron chi connectivity index (χ1n) is 47.7. The number of carbonyl (C=O) groups excluding carboxylic acids is 8. The SMILES string of the molecule is C=P(O)(OC)OC[C@H]1O[C@@H](C)[C@H](OCCOC)[C@@H]1OP(=O)(O)OCC1O[C@@H](C)C[C@@H]1OP(=O)(O)OC[C@@H]1C[C@@H](O)CN1C(=O)CC(=O)NC(COCCC(=O)CCCCCC(=O)CCCCO[C@@H]1OC(CO)[C@H](O)[C@H](O)C1C)(COCCC(=O)CCCCCC(=O)CCCCO[C@@H]1OC(CO)[C@H](O)[C@H](O)C1C)COCCC(=O)NCCCCC(=O)CCCCO[C@@H]1OC(CO)[C@H](O)[C@H](O)C1C. The molecule has 48 heteroatoms. The standard InChI is InChI=1S/C88H156N3O42P3/c1-56-43-68(72(127-56)51-126-136(113,114)133-84-73(52-124-134(8,110)116-7)128-60(5)83(84)120-42-41-115-6)132-135(111,112)125-50-61-44-67(100)46-91(61)76(103)45-75(102)90-88(53-117-38-31-65(98)25-13-9-11-23-62(95)28-16-20-35-121-85-57(2)77(104)80(107)69(47-92)129-85,54-118-39-32-66(99)26-14-10-12-24-63(96)29-17-21-36-122-86-58(3)78(105)81(108)70(48-93)130-86)55-119-40-33-74(101)89-34-19-15-27-64(97)30-18-22-37-123-87-59(4)79(106)82(109)71(49-94)131-87/h56-61,67-73,77-87,92-94,100,104-110H,8-55H2,1-7H3,(H,89,101)(H,90,102)(H,111,112)(H,113,114)/t56-,57?,58?,59?,60-,61-,67+,68-,69?,70?,71?,72?,73+,77+,78+,79+,80-,81-,82-,83-,84+,85+,86+,87+,88?,134?/m0/s1. The highest BCUT2D eigenvalue weighted by Crippen LogP contribution is 2.52. The van der Waals surface area contributed by atoms with Crippen LogP contribution in [0.4, 0.5) is 0 Å². The van der Waals surface area contributed by atoms with E-state index in [9.17, 15) is 113 Å². The van der Waals surface area contributed by atoms with Crippen molar-refractivity contribution in [2.75, 3.05) is 140 Å². The molecule has 0 spiro atoms. The van der Waals surface area contributed by atoms with E-state index in [1.165, 1.54) is 14.2 Å². The van der Waals surface area contributed by atoms with Crippen molar-refractivity contribution in [3.8, 4) is 0 Å². The molecule has 0 aromatic heterocycles. The highest BCUT2D eigenvalue weighted by Gasteiger charge is 2.51. The van der Waals surface area contributed by atoms with Crippen molar-refractivity contribution in [1.29, 1.82) is 0 Å². The number of nitrogens with one attached hydrogen (secondary N) is 2. The van der Waals surface area contributed by atoms with Crippen LogP contribution in [0.2, 0.25) is 0 Å². The number of nitrogens with zero attached hydrogens (tertiary/aromatic N) is 1. The third-order valence-electron chi connectivity index (χ3n) is 24.7. The fourth-order valence-corrected chi connectivity index (χ4v) is 18.9. The number of likely N-dealkylation sites (tertiary alicyclic amines) is 1. The summed E-state index contributed by atoms with van der Waals surface area (Å²) in [6, 6.07) is -1.14. The normalized spacial score (nSPS) is 30.5. The first-order valence-corrected chi connectivity index (χ1v) is 52.4. The average molecular weight is 2020 g/mol. The molecule has 10 unspecified atom stereocenters. The van der Waals surface area contributed by atoms with Crippen molar-refractivity contribution < 1.29 is 202 Å². The maximum absolute atomic E-state index is 14.6. The molecule has 136 heavy (non-hydrogen) atoms. The number of rotatable bonds is 74. The highest BCUT2D eigenvalue weighted by atomic mass is 31.2. The number of unbranched alkanes of at least 4 members (excludes halogenated alkanes) is 8. The lowest BCUT2D eigenvalue weighted by atomic mass is 9.92. The van der Waals surface area contributed by atoms with Gasteiger partial charge < -0.3 is 152 Å². The van der Waals surface area contributed by atoms with Crippen molar-refractivity contribution in [3.05, 3.63) is 0 Å². The number of Topliss-reactive ketones (excluding diaryl/α,β-unsaturated/α-hetero) is 5. The van der Waals surface area contributed by atoms with Crippen LogP contribution in [0.25, 0.3) is 0 Å². The Morgan fingerprint density at radius 1 is 0.426 bits per heavy atom. The molecule has 15 N–H and O–H groups in total. The molecule has 0 bridgehead atoms. The van der Waals surface area contributed by atoms with Crippen molar-refractivity contribution >= 4 is 76.1 Å². The van der Waals surface area contributed by atoms with Gasteiger partial charge in [-0.2, -0.15) is 0 Å². The highest BCUT2D eigenvalue weighted by molar-refractivity contribution is 7.58. The second kappa shape index (κ2) is 63.5. The van der Waals surface area contributed by atoms with E-state index in [-0.39, 0.29) is 178 Å². The largest absolute Gasteiger partial charge is 0.472 e. The van der Waals surface area contributed by atoms with E-state index in [1.807, 2.05) is 0 Å². The number of ether oxygens (including phenoxy) is 13. The fourth-order valence-electron chi connectivity index (χ4n) is 16.5. The number of aliphatic hydroxyl groups is 10. The molecule has 0 radical (unpaired) electrons. The predicted octanol–water partition coefficient (Wildman–Crippen LogP) is 2.08. The Morgan fingerprint density at radius 3 is 1.28 bits per heavy atom. The summed E-state index contributed by atoms with van der Waals surface area (Å²) < 4.78 is 135. The number of methoxy groups -OCH3 is 1. The van der Waals surface area contributed by atoms with Crippen LogP contribution >= 0.6 is 23.2 Å². The van der Waals surface area contributed by atoms with Crippen molar-refractivity contribution in [1.82, 2.24) is 15.5 Å². The number of β-amino-alcohol motifs (C(OH)–C–C–N with tert-alkyl or cyclic N) is 1. The Kier molecular flexibility index (Phi) is 56.5. The number of hydrogen-bond acceptors (Lipinski definition) is 40.